The van der Waals surface area contributed by atoms with Gasteiger partial charge in [-0.3, -0.25) is 0 Å². The van der Waals surface area contributed by atoms with Gasteiger partial charge in [0, 0.05) is 27.2 Å². The van der Waals surface area contributed by atoms with Crippen LogP contribution in [0.3, 0.4) is 0 Å². The van der Waals surface area contributed by atoms with Crippen LogP contribution in [0.15, 0.2) is 52.9 Å². The third kappa shape index (κ3) is 5.56. The van der Waals surface area contributed by atoms with Crippen molar-refractivity contribution in [1.82, 2.24) is 4.90 Å². The van der Waals surface area contributed by atoms with E-state index in [1.807, 2.05) is 12.1 Å². The maximum atomic E-state index is 6.23. The summed E-state index contributed by atoms with van der Waals surface area (Å²) >= 11 is 14.0. The van der Waals surface area contributed by atoms with Gasteiger partial charge in [-0.2, -0.15) is 0 Å². The van der Waals surface area contributed by atoms with Gasteiger partial charge in [-0.15, -0.1) is 11.8 Å². The fourth-order valence-electron chi connectivity index (χ4n) is 2.44. The summed E-state index contributed by atoms with van der Waals surface area (Å²) < 4.78 is 0. The molecule has 128 valence electrons. The molecule has 0 heterocycles. The topological polar surface area (TPSA) is 3.24 Å². The Morgan fingerprint density at radius 2 is 1.67 bits per heavy atom. The highest BCUT2D eigenvalue weighted by molar-refractivity contribution is 7.98. The van der Waals surface area contributed by atoms with Crippen molar-refractivity contribution in [1.29, 1.82) is 0 Å². The Hall–Kier alpha value is -0.930. The van der Waals surface area contributed by atoms with Crippen molar-refractivity contribution >= 4 is 40.5 Å². The highest BCUT2D eigenvalue weighted by Gasteiger charge is 2.05. The fourth-order valence-corrected chi connectivity index (χ4v) is 3.90. The van der Waals surface area contributed by atoms with E-state index in [2.05, 4.69) is 57.1 Å². The van der Waals surface area contributed by atoms with Crippen LogP contribution >= 0.6 is 35.0 Å². The second-order valence-corrected chi connectivity index (χ2v) is 8.08. The number of benzene rings is 2. The lowest BCUT2D eigenvalue weighted by Gasteiger charge is -2.14. The molecular weight excluding hydrogens is 357 g/mol. The maximum Gasteiger partial charge on any atom is 0.0461 e. The lowest BCUT2D eigenvalue weighted by Crippen LogP contribution is -2.14. The van der Waals surface area contributed by atoms with E-state index < -0.39 is 0 Å². The monoisotopic (exact) mass is 379 g/mol. The van der Waals surface area contributed by atoms with Crippen molar-refractivity contribution in [3.05, 3.63) is 69.2 Å². The molecule has 0 amide bonds. The molecule has 0 unspecified atom stereocenters. The Morgan fingerprint density at radius 3 is 2.25 bits per heavy atom. The lowest BCUT2D eigenvalue weighted by molar-refractivity contribution is 0.446. The average molecular weight is 380 g/mol. The predicted molar refractivity (Wildman–Crippen MR) is 109 cm³/mol. The second-order valence-electron chi connectivity index (χ2n) is 6.19. The van der Waals surface area contributed by atoms with Gasteiger partial charge in [0.05, 0.1) is 0 Å². The first-order valence-corrected chi connectivity index (χ1v) is 9.59. The van der Waals surface area contributed by atoms with Gasteiger partial charge in [0.25, 0.3) is 0 Å². The predicted octanol–water partition coefficient (Wildman–Crippen LogP) is 6.64. The normalized spacial score (nSPS) is 12.5. The zero-order chi connectivity index (χ0) is 17.7. The van der Waals surface area contributed by atoms with Gasteiger partial charge in [-0.25, -0.2) is 0 Å². The van der Waals surface area contributed by atoms with Crippen molar-refractivity contribution in [2.75, 3.05) is 20.6 Å². The first-order valence-electron chi connectivity index (χ1n) is 7.85. The number of hydrogen-bond donors (Lipinski definition) is 0. The summed E-state index contributed by atoms with van der Waals surface area (Å²) in [6.07, 6.45) is 0. The Labute approximate surface area is 159 Å². The molecule has 0 N–H and O–H groups in total. The molecule has 0 aliphatic rings. The third-order valence-corrected chi connectivity index (χ3v) is 5.54. The molecule has 0 spiro atoms. The molecule has 0 aromatic heterocycles. The van der Waals surface area contributed by atoms with Gasteiger partial charge < -0.3 is 4.90 Å². The second kappa shape index (κ2) is 8.96. The van der Waals surface area contributed by atoms with Crippen LogP contribution in [0.25, 0.3) is 5.57 Å². The molecule has 0 fully saturated rings. The Kier molecular flexibility index (Phi) is 7.24. The number of allylic oxidation sites excluding steroid dienone is 1. The minimum Gasteiger partial charge on any atom is -0.305 e. The number of halogens is 2. The van der Waals surface area contributed by atoms with Crippen LogP contribution in [0, 0.1) is 0 Å². The van der Waals surface area contributed by atoms with Crippen LogP contribution < -0.4 is 0 Å². The summed E-state index contributed by atoms with van der Waals surface area (Å²) in [6, 6.07) is 14.4. The van der Waals surface area contributed by atoms with Crippen LogP contribution in [-0.2, 0) is 5.75 Å². The molecule has 0 atom stereocenters. The first-order chi connectivity index (χ1) is 11.4. The standard InChI is InChI=1S/C20H23Cl2NS/c1-14(12-23(3)4)15(2)16-6-9-19(10-7-16)24-13-17-5-8-18(21)11-20(17)22/h5-11H,12-13H2,1-4H3. The molecule has 0 aliphatic heterocycles. The van der Waals surface area contributed by atoms with Gasteiger partial charge in [-0.05, 0) is 68.9 Å². The van der Waals surface area contributed by atoms with E-state index in [-0.39, 0.29) is 0 Å². The molecular formula is C20H23Cl2NS. The summed E-state index contributed by atoms with van der Waals surface area (Å²) in [4.78, 5) is 3.43. The van der Waals surface area contributed by atoms with Crippen molar-refractivity contribution in [3.63, 3.8) is 0 Å². The number of hydrogen-bond acceptors (Lipinski definition) is 2. The summed E-state index contributed by atoms with van der Waals surface area (Å²) in [5.74, 6) is 0.837. The van der Waals surface area contributed by atoms with Gasteiger partial charge in [0.15, 0.2) is 0 Å². The van der Waals surface area contributed by atoms with Crippen molar-refractivity contribution in [2.24, 2.45) is 0 Å². The van der Waals surface area contributed by atoms with Gasteiger partial charge in [0.2, 0.25) is 0 Å². The molecule has 2 rings (SSSR count). The summed E-state index contributed by atoms with van der Waals surface area (Å²) in [5.41, 5.74) is 5.13. The van der Waals surface area contributed by atoms with Crippen molar-refractivity contribution in [2.45, 2.75) is 24.5 Å². The smallest absolute Gasteiger partial charge is 0.0461 e. The number of likely N-dealkylation sites (N-methyl/N-ethyl adjacent to an activating group) is 1. The summed E-state index contributed by atoms with van der Waals surface area (Å²) in [6.45, 7) is 5.37. The van der Waals surface area contributed by atoms with E-state index in [1.54, 1.807) is 17.8 Å². The van der Waals surface area contributed by atoms with E-state index in [9.17, 15) is 0 Å². The van der Waals surface area contributed by atoms with Crippen LogP contribution in [0.1, 0.15) is 25.0 Å². The van der Waals surface area contributed by atoms with E-state index in [4.69, 9.17) is 23.2 Å². The van der Waals surface area contributed by atoms with E-state index in [0.29, 0.717) is 5.02 Å². The first kappa shape index (κ1) is 19.4. The number of nitrogens with zero attached hydrogens (tertiary/aromatic N) is 1. The zero-order valence-electron chi connectivity index (χ0n) is 14.6. The SMILES string of the molecule is CC(CN(C)C)=C(C)c1ccc(SCc2ccc(Cl)cc2Cl)cc1. The minimum atomic E-state index is 0.674. The molecule has 1 nitrogen and oxygen atoms in total. The van der Waals surface area contributed by atoms with Crippen LogP contribution in [0.5, 0.6) is 0 Å². The van der Waals surface area contributed by atoms with E-state index >= 15 is 0 Å². The molecule has 0 aliphatic carbocycles. The minimum absolute atomic E-state index is 0.674. The fraction of sp³-hybridized carbons (Fsp3) is 0.300. The highest BCUT2D eigenvalue weighted by Crippen LogP contribution is 2.29. The van der Waals surface area contributed by atoms with Gasteiger partial charge in [0.1, 0.15) is 0 Å². The molecule has 0 saturated carbocycles. The van der Waals surface area contributed by atoms with E-state index in [1.165, 1.54) is 21.6 Å². The summed E-state index contributed by atoms with van der Waals surface area (Å²) in [5, 5.41) is 1.40. The molecule has 0 saturated heterocycles. The van der Waals surface area contributed by atoms with Gasteiger partial charge >= 0.3 is 0 Å². The quantitative estimate of drug-likeness (QED) is 0.517. The van der Waals surface area contributed by atoms with E-state index in [0.717, 1.165) is 22.9 Å². The third-order valence-electron chi connectivity index (χ3n) is 3.89. The lowest BCUT2D eigenvalue weighted by atomic mass is 10.0. The van der Waals surface area contributed by atoms with Gasteiger partial charge in [-0.1, -0.05) is 47.0 Å². The largest absolute Gasteiger partial charge is 0.305 e. The zero-order valence-corrected chi connectivity index (χ0v) is 16.9. The molecule has 24 heavy (non-hydrogen) atoms. The number of rotatable bonds is 6. The van der Waals surface area contributed by atoms with Crippen LogP contribution in [0.4, 0.5) is 0 Å². The Balaban J connectivity index is 2.04. The molecule has 4 heteroatoms. The molecule has 0 radical (unpaired) electrons. The van der Waals surface area contributed by atoms with Crippen LogP contribution in [0.2, 0.25) is 10.0 Å². The molecule has 2 aromatic rings. The Morgan fingerprint density at radius 1 is 1.00 bits per heavy atom. The average Bonchev–Trinajstić information content (AvgIpc) is 2.53. The Bertz CT molecular complexity index is 721. The highest BCUT2D eigenvalue weighted by atomic mass is 35.5. The molecule has 0 bridgehead atoms. The summed E-state index contributed by atoms with van der Waals surface area (Å²) in [7, 11) is 4.19. The van der Waals surface area contributed by atoms with Crippen molar-refractivity contribution < 1.29 is 0 Å². The number of thioether (sulfide) groups is 1. The van der Waals surface area contributed by atoms with Crippen LogP contribution in [-0.4, -0.2) is 25.5 Å². The van der Waals surface area contributed by atoms with Crippen molar-refractivity contribution in [3.8, 4) is 0 Å². The molecule has 2 aromatic carbocycles. The maximum absolute atomic E-state index is 6.23.